The van der Waals surface area contributed by atoms with E-state index in [0.717, 1.165) is 34.7 Å². The molecule has 2 aromatic rings. The van der Waals surface area contributed by atoms with Crippen LogP contribution in [0.5, 0.6) is 11.5 Å². The van der Waals surface area contributed by atoms with Crippen LogP contribution in [-0.2, 0) is 13.6 Å². The summed E-state index contributed by atoms with van der Waals surface area (Å²) < 4.78 is 13.2. The van der Waals surface area contributed by atoms with E-state index in [1.807, 2.05) is 38.4 Å². The number of nitrogens with zero attached hydrogens (tertiary/aromatic N) is 2. The van der Waals surface area contributed by atoms with Crippen molar-refractivity contribution in [2.75, 3.05) is 19.8 Å². The molecule has 2 N–H and O–H groups in total. The number of aryl methyl sites for hydroxylation is 1. The van der Waals surface area contributed by atoms with E-state index >= 15 is 0 Å². The molecule has 1 atom stereocenters. The van der Waals surface area contributed by atoms with Gasteiger partial charge in [-0.2, -0.15) is 5.10 Å². The van der Waals surface area contributed by atoms with Gasteiger partial charge in [-0.1, -0.05) is 0 Å². The minimum atomic E-state index is 0.0480. The van der Waals surface area contributed by atoms with Gasteiger partial charge in [0.1, 0.15) is 0 Å². The van der Waals surface area contributed by atoms with Gasteiger partial charge < -0.3 is 19.9 Å². The third-order valence-electron chi connectivity index (χ3n) is 3.84. The Kier molecular flexibility index (Phi) is 4.83. The molecule has 0 radical (unpaired) electrons. The maximum atomic E-state index is 9.15. The van der Waals surface area contributed by atoms with Crippen LogP contribution < -0.4 is 14.8 Å². The first-order valence-electron chi connectivity index (χ1n) is 7.94. The predicted molar refractivity (Wildman–Crippen MR) is 87.6 cm³/mol. The average molecular weight is 317 g/mol. The molecule has 1 unspecified atom stereocenters. The standard InChI is InChI=1S/C17H23N3O3/c1-12(11-21)18-9-14-10-20(2)19-17(14)13-4-5-15-16(8-13)23-7-3-6-22-15/h4-5,8,10,12,18,21H,3,6-7,9,11H2,1-2H3. The SMILES string of the molecule is CC(CO)NCc1cn(C)nc1-c1ccc2c(c1)OCCCO2. The average Bonchev–Trinajstić information content (AvgIpc) is 2.78. The maximum absolute atomic E-state index is 9.15. The van der Waals surface area contributed by atoms with Gasteiger partial charge in [0.15, 0.2) is 11.5 Å². The minimum absolute atomic E-state index is 0.0480. The number of rotatable bonds is 5. The first kappa shape index (κ1) is 15.8. The summed E-state index contributed by atoms with van der Waals surface area (Å²) in [4.78, 5) is 0. The van der Waals surface area contributed by atoms with Crippen molar-refractivity contribution >= 4 is 0 Å². The van der Waals surface area contributed by atoms with Crippen LogP contribution in [0.15, 0.2) is 24.4 Å². The fraction of sp³-hybridized carbons (Fsp3) is 0.471. The van der Waals surface area contributed by atoms with Gasteiger partial charge in [-0.3, -0.25) is 4.68 Å². The topological polar surface area (TPSA) is 68.5 Å². The summed E-state index contributed by atoms with van der Waals surface area (Å²) in [5.74, 6) is 1.56. The monoisotopic (exact) mass is 317 g/mol. The van der Waals surface area contributed by atoms with E-state index in [0.29, 0.717) is 19.8 Å². The summed E-state index contributed by atoms with van der Waals surface area (Å²) in [7, 11) is 1.91. The van der Waals surface area contributed by atoms with Crippen molar-refractivity contribution in [1.29, 1.82) is 0 Å². The summed E-state index contributed by atoms with van der Waals surface area (Å²) in [6.45, 7) is 4.06. The molecule has 1 aliphatic heterocycles. The van der Waals surface area contributed by atoms with Crippen molar-refractivity contribution in [2.24, 2.45) is 7.05 Å². The first-order chi connectivity index (χ1) is 11.2. The number of nitrogens with one attached hydrogen (secondary N) is 1. The van der Waals surface area contributed by atoms with Crippen molar-refractivity contribution in [2.45, 2.75) is 25.9 Å². The minimum Gasteiger partial charge on any atom is -0.490 e. The van der Waals surface area contributed by atoms with Crippen molar-refractivity contribution in [3.05, 3.63) is 30.0 Å². The zero-order chi connectivity index (χ0) is 16.2. The highest BCUT2D eigenvalue weighted by Gasteiger charge is 2.15. The molecule has 0 saturated heterocycles. The highest BCUT2D eigenvalue weighted by Crippen LogP contribution is 2.34. The highest BCUT2D eigenvalue weighted by molar-refractivity contribution is 5.66. The normalized spacial score (nSPS) is 15.3. The van der Waals surface area contributed by atoms with Crippen LogP contribution in [0.25, 0.3) is 11.3 Å². The maximum Gasteiger partial charge on any atom is 0.161 e. The van der Waals surface area contributed by atoms with Gasteiger partial charge in [0.2, 0.25) is 0 Å². The van der Waals surface area contributed by atoms with Crippen LogP contribution in [0, 0.1) is 0 Å². The second-order valence-corrected chi connectivity index (χ2v) is 5.85. The van der Waals surface area contributed by atoms with Gasteiger partial charge in [0.05, 0.1) is 25.5 Å². The lowest BCUT2D eigenvalue weighted by Crippen LogP contribution is -2.28. The summed E-state index contributed by atoms with van der Waals surface area (Å²) in [5.41, 5.74) is 3.01. The Bertz CT molecular complexity index is 669. The van der Waals surface area contributed by atoms with Crippen LogP contribution in [0.4, 0.5) is 0 Å². The molecule has 2 heterocycles. The summed E-state index contributed by atoms with van der Waals surface area (Å²) >= 11 is 0. The number of aliphatic hydroxyl groups excluding tert-OH is 1. The molecule has 6 nitrogen and oxygen atoms in total. The first-order valence-corrected chi connectivity index (χ1v) is 7.94. The Balaban J connectivity index is 1.88. The zero-order valence-corrected chi connectivity index (χ0v) is 13.6. The molecule has 6 heteroatoms. The second kappa shape index (κ2) is 7.02. The largest absolute Gasteiger partial charge is 0.490 e. The van der Waals surface area contributed by atoms with Gasteiger partial charge in [-0.15, -0.1) is 0 Å². The number of ether oxygens (including phenoxy) is 2. The third kappa shape index (κ3) is 3.65. The molecular weight excluding hydrogens is 294 g/mol. The smallest absolute Gasteiger partial charge is 0.161 e. The lowest BCUT2D eigenvalue weighted by molar-refractivity contribution is 0.251. The quantitative estimate of drug-likeness (QED) is 0.879. The number of fused-ring (bicyclic) bond motifs is 1. The molecular formula is C17H23N3O3. The number of aromatic nitrogens is 2. The zero-order valence-electron chi connectivity index (χ0n) is 13.6. The van der Waals surface area contributed by atoms with Crippen molar-refractivity contribution in [1.82, 2.24) is 15.1 Å². The Morgan fingerprint density at radius 1 is 1.30 bits per heavy atom. The number of hydrogen-bond donors (Lipinski definition) is 2. The van der Waals surface area contributed by atoms with Crippen molar-refractivity contribution in [3.8, 4) is 22.8 Å². The predicted octanol–water partition coefficient (Wildman–Crippen LogP) is 1.72. The second-order valence-electron chi connectivity index (χ2n) is 5.85. The van der Waals surface area contributed by atoms with E-state index < -0.39 is 0 Å². The van der Waals surface area contributed by atoms with E-state index in [4.69, 9.17) is 14.6 Å². The summed E-state index contributed by atoms with van der Waals surface area (Å²) in [6, 6.07) is 5.99. The Labute approximate surface area is 136 Å². The molecule has 1 aromatic carbocycles. The molecule has 1 aliphatic rings. The molecule has 0 saturated carbocycles. The Hall–Kier alpha value is -2.05. The molecule has 0 spiro atoms. The molecule has 124 valence electrons. The van der Waals surface area contributed by atoms with Crippen LogP contribution >= 0.6 is 0 Å². The molecule has 0 amide bonds. The van der Waals surface area contributed by atoms with E-state index in [9.17, 15) is 0 Å². The van der Waals surface area contributed by atoms with Crippen molar-refractivity contribution < 1.29 is 14.6 Å². The molecule has 23 heavy (non-hydrogen) atoms. The van der Waals surface area contributed by atoms with Crippen LogP contribution in [0.2, 0.25) is 0 Å². The molecule has 0 fully saturated rings. The van der Waals surface area contributed by atoms with Gasteiger partial charge in [-0.05, 0) is 25.1 Å². The van der Waals surface area contributed by atoms with E-state index in [-0.39, 0.29) is 12.6 Å². The molecule has 0 aliphatic carbocycles. The molecule has 3 rings (SSSR count). The van der Waals surface area contributed by atoms with Crippen molar-refractivity contribution in [3.63, 3.8) is 0 Å². The Morgan fingerprint density at radius 2 is 2.09 bits per heavy atom. The van der Waals surface area contributed by atoms with Crippen LogP contribution in [0.1, 0.15) is 18.9 Å². The van der Waals surface area contributed by atoms with Gasteiger partial charge in [0.25, 0.3) is 0 Å². The number of aliphatic hydroxyl groups is 1. The Morgan fingerprint density at radius 3 is 2.87 bits per heavy atom. The molecule has 1 aromatic heterocycles. The third-order valence-corrected chi connectivity index (χ3v) is 3.84. The van der Waals surface area contributed by atoms with Crippen LogP contribution in [0.3, 0.4) is 0 Å². The van der Waals surface area contributed by atoms with E-state index in [2.05, 4.69) is 10.4 Å². The van der Waals surface area contributed by atoms with E-state index in [1.54, 1.807) is 4.68 Å². The highest BCUT2D eigenvalue weighted by atomic mass is 16.5. The van der Waals surface area contributed by atoms with Crippen LogP contribution in [-0.4, -0.2) is 40.7 Å². The fourth-order valence-electron chi connectivity index (χ4n) is 2.57. The molecule has 0 bridgehead atoms. The number of benzene rings is 1. The van der Waals surface area contributed by atoms with Gasteiger partial charge >= 0.3 is 0 Å². The lowest BCUT2D eigenvalue weighted by atomic mass is 10.1. The lowest BCUT2D eigenvalue weighted by Gasteiger charge is -2.11. The fourth-order valence-corrected chi connectivity index (χ4v) is 2.57. The van der Waals surface area contributed by atoms with Gasteiger partial charge in [-0.25, -0.2) is 0 Å². The summed E-state index contributed by atoms with van der Waals surface area (Å²) in [6.07, 6.45) is 2.89. The summed E-state index contributed by atoms with van der Waals surface area (Å²) in [5, 5.41) is 17.0. The van der Waals surface area contributed by atoms with Gasteiger partial charge in [0, 0.05) is 43.4 Å². The number of hydrogen-bond acceptors (Lipinski definition) is 5. The van der Waals surface area contributed by atoms with E-state index in [1.165, 1.54) is 0 Å².